The lowest BCUT2D eigenvalue weighted by molar-refractivity contribution is 0.0471. The summed E-state index contributed by atoms with van der Waals surface area (Å²) in [6.45, 7) is 4.57. The first-order valence-electron chi connectivity index (χ1n) is 10.3. The third-order valence-corrected chi connectivity index (χ3v) is 6.79. The summed E-state index contributed by atoms with van der Waals surface area (Å²) in [7, 11) is 0. The number of carbonyl (C=O) groups excluding carboxylic acids is 2. The average molecular weight is 414 g/mol. The number of hydrogen-bond acceptors (Lipinski definition) is 5. The molecular formula is C23H27NO4S. The fourth-order valence-electron chi connectivity index (χ4n) is 3.96. The summed E-state index contributed by atoms with van der Waals surface area (Å²) in [5, 5.41) is 0. The second kappa shape index (κ2) is 8.76. The van der Waals surface area contributed by atoms with Crippen LogP contribution in [0.3, 0.4) is 0 Å². The number of hydrogen-bond donors (Lipinski definition) is 0. The van der Waals surface area contributed by atoms with Crippen molar-refractivity contribution in [3.63, 3.8) is 0 Å². The zero-order valence-electron chi connectivity index (χ0n) is 17.0. The largest absolute Gasteiger partial charge is 0.454 e. The fraction of sp³-hybridized carbons (Fsp3) is 0.478. The number of esters is 1. The van der Waals surface area contributed by atoms with Crippen molar-refractivity contribution in [2.24, 2.45) is 0 Å². The van der Waals surface area contributed by atoms with E-state index in [9.17, 15) is 9.59 Å². The molecule has 29 heavy (non-hydrogen) atoms. The van der Waals surface area contributed by atoms with Gasteiger partial charge in [0.25, 0.3) is 0 Å². The molecule has 1 atom stereocenters. The van der Waals surface area contributed by atoms with Gasteiger partial charge in [0.2, 0.25) is 5.78 Å². The van der Waals surface area contributed by atoms with Crippen molar-refractivity contribution in [3.8, 4) is 0 Å². The minimum Gasteiger partial charge on any atom is -0.454 e. The van der Waals surface area contributed by atoms with Crippen LogP contribution >= 0.6 is 11.8 Å². The van der Waals surface area contributed by atoms with E-state index in [0.29, 0.717) is 17.2 Å². The lowest BCUT2D eigenvalue weighted by atomic mass is 10.1. The molecule has 0 amide bonds. The number of ketones is 1. The van der Waals surface area contributed by atoms with Crippen LogP contribution in [0.5, 0.6) is 0 Å². The number of aromatic nitrogens is 1. The Bertz CT molecular complexity index is 910. The molecule has 1 saturated heterocycles. The van der Waals surface area contributed by atoms with Gasteiger partial charge in [-0.25, -0.2) is 4.79 Å². The van der Waals surface area contributed by atoms with E-state index in [1.54, 1.807) is 17.8 Å². The van der Waals surface area contributed by atoms with E-state index in [4.69, 9.17) is 9.47 Å². The van der Waals surface area contributed by atoms with Gasteiger partial charge in [-0.15, -0.1) is 11.8 Å². The number of nitrogens with zero attached hydrogens (tertiary/aromatic N) is 1. The Morgan fingerprint density at radius 3 is 2.69 bits per heavy atom. The molecule has 0 spiro atoms. The number of ether oxygens (including phenoxy) is 2. The highest BCUT2D eigenvalue weighted by Gasteiger charge is 2.28. The van der Waals surface area contributed by atoms with Crippen LogP contribution in [-0.2, 0) is 9.47 Å². The van der Waals surface area contributed by atoms with Gasteiger partial charge in [-0.2, -0.15) is 0 Å². The van der Waals surface area contributed by atoms with Crippen LogP contribution in [0.25, 0.3) is 0 Å². The Labute approximate surface area is 175 Å². The van der Waals surface area contributed by atoms with Crippen LogP contribution in [0.2, 0.25) is 0 Å². The van der Waals surface area contributed by atoms with E-state index in [1.807, 2.05) is 38.1 Å². The van der Waals surface area contributed by atoms with E-state index in [1.165, 1.54) is 12.8 Å². The van der Waals surface area contributed by atoms with Crippen LogP contribution in [-0.4, -0.2) is 41.4 Å². The smallest absolute Gasteiger partial charge is 0.339 e. The monoisotopic (exact) mass is 413 g/mol. The molecule has 0 unspecified atom stereocenters. The minimum atomic E-state index is -0.454. The van der Waals surface area contributed by atoms with Gasteiger partial charge in [0.15, 0.2) is 6.61 Å². The van der Waals surface area contributed by atoms with Crippen molar-refractivity contribution in [1.82, 2.24) is 4.57 Å². The summed E-state index contributed by atoms with van der Waals surface area (Å²) in [6, 6.07) is 9.83. The molecule has 5 nitrogen and oxygen atoms in total. The third-order valence-electron chi connectivity index (χ3n) is 5.59. The quantitative estimate of drug-likeness (QED) is 0.355. The summed E-state index contributed by atoms with van der Waals surface area (Å²) < 4.78 is 13.3. The number of Topliss-reactive ketones (excluding diaryl/α,β-unsaturated/α-hetero) is 1. The SMILES string of the molecule is Cc1cc(C(=O)COC(=O)c2ccccc2SC[C@H]2CCCO2)c(C)n1C1CC1. The first-order valence-corrected chi connectivity index (χ1v) is 11.3. The van der Waals surface area contributed by atoms with Crippen molar-refractivity contribution in [2.75, 3.05) is 19.0 Å². The zero-order chi connectivity index (χ0) is 20.4. The fourth-order valence-corrected chi connectivity index (χ4v) is 5.07. The van der Waals surface area contributed by atoms with E-state index >= 15 is 0 Å². The van der Waals surface area contributed by atoms with Gasteiger partial charge in [-0.3, -0.25) is 4.79 Å². The van der Waals surface area contributed by atoms with Crippen LogP contribution in [0.1, 0.15) is 63.8 Å². The minimum absolute atomic E-state index is 0.150. The Morgan fingerprint density at radius 1 is 1.17 bits per heavy atom. The summed E-state index contributed by atoms with van der Waals surface area (Å²) in [6.07, 6.45) is 4.73. The van der Waals surface area contributed by atoms with Gasteiger partial charge < -0.3 is 14.0 Å². The van der Waals surface area contributed by atoms with Gasteiger partial charge >= 0.3 is 5.97 Å². The highest BCUT2D eigenvalue weighted by molar-refractivity contribution is 7.99. The molecule has 0 N–H and O–H groups in total. The maximum atomic E-state index is 12.7. The average Bonchev–Trinajstić information content (AvgIpc) is 3.31. The maximum absolute atomic E-state index is 12.7. The summed E-state index contributed by atoms with van der Waals surface area (Å²) >= 11 is 1.61. The molecule has 6 heteroatoms. The lowest BCUT2D eigenvalue weighted by Gasteiger charge is -2.12. The molecule has 1 saturated carbocycles. The van der Waals surface area contributed by atoms with E-state index < -0.39 is 5.97 Å². The number of carbonyl (C=O) groups is 2. The Morgan fingerprint density at radius 2 is 1.97 bits per heavy atom. The van der Waals surface area contributed by atoms with Crippen LogP contribution in [0.15, 0.2) is 35.2 Å². The Kier molecular flexibility index (Phi) is 6.11. The van der Waals surface area contributed by atoms with Crippen molar-refractivity contribution in [1.29, 1.82) is 0 Å². The number of rotatable bonds is 8. The number of thioether (sulfide) groups is 1. The van der Waals surface area contributed by atoms with Crippen LogP contribution in [0, 0.1) is 13.8 Å². The molecule has 1 aliphatic carbocycles. The summed E-state index contributed by atoms with van der Waals surface area (Å²) in [5.41, 5.74) is 3.23. The molecule has 2 fully saturated rings. The molecule has 2 aliphatic rings. The van der Waals surface area contributed by atoms with E-state index in [-0.39, 0.29) is 18.5 Å². The highest BCUT2D eigenvalue weighted by Crippen LogP contribution is 2.38. The summed E-state index contributed by atoms with van der Waals surface area (Å²) in [5.74, 6) is 0.212. The highest BCUT2D eigenvalue weighted by atomic mass is 32.2. The molecule has 154 valence electrons. The van der Waals surface area contributed by atoms with Gasteiger partial charge in [0.05, 0.1) is 11.7 Å². The van der Waals surface area contributed by atoms with Crippen molar-refractivity contribution in [2.45, 2.75) is 56.6 Å². The molecule has 1 aromatic heterocycles. The first-order chi connectivity index (χ1) is 14.0. The molecule has 0 bridgehead atoms. The van der Waals surface area contributed by atoms with Gasteiger partial charge in [-0.1, -0.05) is 12.1 Å². The third kappa shape index (κ3) is 4.59. The van der Waals surface area contributed by atoms with Gasteiger partial charge in [-0.05, 0) is 57.7 Å². The van der Waals surface area contributed by atoms with Gasteiger partial charge in [0.1, 0.15) is 0 Å². The second-order valence-electron chi connectivity index (χ2n) is 7.83. The molecule has 4 rings (SSSR count). The second-order valence-corrected chi connectivity index (χ2v) is 8.89. The molecule has 0 radical (unpaired) electrons. The predicted octanol–water partition coefficient (Wildman–Crippen LogP) is 4.75. The molecule has 1 aliphatic heterocycles. The molecule has 1 aromatic carbocycles. The Balaban J connectivity index is 1.38. The first kappa shape index (κ1) is 20.2. The molecular weight excluding hydrogens is 386 g/mol. The van der Waals surface area contributed by atoms with E-state index in [0.717, 1.165) is 41.5 Å². The maximum Gasteiger partial charge on any atom is 0.339 e. The predicted molar refractivity (Wildman–Crippen MR) is 113 cm³/mol. The number of aryl methyl sites for hydroxylation is 1. The van der Waals surface area contributed by atoms with Gasteiger partial charge in [0, 0.05) is 40.2 Å². The van der Waals surface area contributed by atoms with Crippen molar-refractivity contribution >= 4 is 23.5 Å². The van der Waals surface area contributed by atoms with Crippen molar-refractivity contribution < 1.29 is 19.1 Å². The van der Waals surface area contributed by atoms with Crippen LogP contribution in [0.4, 0.5) is 0 Å². The standard InChI is InChI=1S/C23H27NO4S/c1-15-12-20(16(2)24(15)17-9-10-17)21(25)13-28-23(26)19-7-3-4-8-22(19)29-14-18-6-5-11-27-18/h3-4,7-8,12,17-18H,5-6,9-11,13-14H2,1-2H3/t18-/m1/s1. The number of benzene rings is 1. The topological polar surface area (TPSA) is 57.5 Å². The van der Waals surface area contributed by atoms with E-state index in [2.05, 4.69) is 4.57 Å². The zero-order valence-corrected chi connectivity index (χ0v) is 17.8. The molecule has 2 heterocycles. The lowest BCUT2D eigenvalue weighted by Crippen LogP contribution is -2.16. The Hall–Kier alpha value is -2.05. The van der Waals surface area contributed by atoms with Crippen molar-refractivity contribution in [3.05, 3.63) is 52.8 Å². The normalized spacial score (nSPS) is 18.8. The summed E-state index contributed by atoms with van der Waals surface area (Å²) in [4.78, 5) is 26.2. The van der Waals surface area contributed by atoms with Crippen LogP contribution < -0.4 is 0 Å². The molecule has 2 aromatic rings.